The number of aryl methyl sites for hydroxylation is 1. The van der Waals surface area contributed by atoms with E-state index in [-0.39, 0.29) is 29.5 Å². The van der Waals surface area contributed by atoms with E-state index < -0.39 is 0 Å². The number of benzene rings is 1. The molecule has 29 heavy (non-hydrogen) atoms. The Labute approximate surface area is 165 Å². The molecule has 1 N–H and O–H groups in total. The molecule has 1 aliphatic heterocycles. The van der Waals surface area contributed by atoms with E-state index in [1.54, 1.807) is 42.2 Å². The van der Waals surface area contributed by atoms with Crippen LogP contribution in [0, 0.1) is 6.92 Å². The predicted molar refractivity (Wildman–Crippen MR) is 105 cm³/mol. The second-order valence-electron chi connectivity index (χ2n) is 6.91. The molecule has 3 heterocycles. The Balaban J connectivity index is 1.35. The summed E-state index contributed by atoms with van der Waals surface area (Å²) in [6.07, 6.45) is 0. The highest BCUT2D eigenvalue weighted by Crippen LogP contribution is 2.14. The van der Waals surface area contributed by atoms with Gasteiger partial charge in [-0.05, 0) is 19.1 Å². The van der Waals surface area contributed by atoms with Crippen molar-refractivity contribution in [3.63, 3.8) is 0 Å². The van der Waals surface area contributed by atoms with Crippen LogP contribution in [0.25, 0.3) is 11.0 Å². The predicted octanol–water partition coefficient (Wildman–Crippen LogP) is 1.49. The summed E-state index contributed by atoms with van der Waals surface area (Å²) in [6, 6.07) is 9.72. The molecule has 0 radical (unpaired) electrons. The van der Waals surface area contributed by atoms with Crippen LogP contribution in [0.3, 0.4) is 0 Å². The lowest BCUT2D eigenvalue weighted by molar-refractivity contribution is -0.117. The zero-order valence-corrected chi connectivity index (χ0v) is 15.9. The van der Waals surface area contributed by atoms with E-state index in [1.807, 2.05) is 4.90 Å². The molecule has 0 spiro atoms. The molecule has 1 aliphatic rings. The van der Waals surface area contributed by atoms with Gasteiger partial charge in [0.2, 0.25) is 5.91 Å². The van der Waals surface area contributed by atoms with Crippen molar-refractivity contribution in [2.24, 2.45) is 0 Å². The third-order valence-electron chi connectivity index (χ3n) is 4.77. The van der Waals surface area contributed by atoms with Gasteiger partial charge in [-0.2, -0.15) is 0 Å². The summed E-state index contributed by atoms with van der Waals surface area (Å²) in [6.45, 7) is 3.89. The minimum absolute atomic E-state index is 0.0290. The minimum Gasteiger partial charge on any atom is -0.451 e. The number of rotatable bonds is 4. The van der Waals surface area contributed by atoms with Gasteiger partial charge in [-0.1, -0.05) is 17.3 Å². The van der Waals surface area contributed by atoms with Crippen molar-refractivity contribution in [2.75, 3.05) is 38.0 Å². The van der Waals surface area contributed by atoms with E-state index in [4.69, 9.17) is 8.94 Å². The van der Waals surface area contributed by atoms with Crippen LogP contribution in [0.1, 0.15) is 16.3 Å². The molecule has 0 aliphatic carbocycles. The Morgan fingerprint density at radius 1 is 1.14 bits per heavy atom. The average molecular weight is 396 g/mol. The number of hydrogen-bond donors (Lipinski definition) is 1. The highest BCUT2D eigenvalue weighted by molar-refractivity contribution is 5.93. The van der Waals surface area contributed by atoms with E-state index in [1.165, 1.54) is 6.07 Å². The summed E-state index contributed by atoms with van der Waals surface area (Å²) < 4.78 is 10.6. The van der Waals surface area contributed by atoms with Gasteiger partial charge in [0.25, 0.3) is 5.91 Å². The fourth-order valence-corrected chi connectivity index (χ4v) is 3.29. The Hall–Kier alpha value is -3.46. The molecule has 1 fully saturated rings. The number of fused-ring (bicyclic) bond motifs is 1. The molecule has 9 heteroatoms. The number of carbonyl (C=O) groups excluding carboxylic acids is 2. The summed E-state index contributed by atoms with van der Waals surface area (Å²) in [5, 5.41) is 6.86. The molecule has 2 amide bonds. The van der Waals surface area contributed by atoms with Gasteiger partial charge in [0, 0.05) is 38.3 Å². The number of carbonyl (C=O) groups is 2. The third-order valence-corrected chi connectivity index (χ3v) is 4.77. The van der Waals surface area contributed by atoms with Crippen LogP contribution in [0.2, 0.25) is 0 Å². The normalized spacial score (nSPS) is 14.9. The van der Waals surface area contributed by atoms with E-state index in [9.17, 15) is 14.4 Å². The molecule has 150 valence electrons. The minimum atomic E-state index is -0.324. The summed E-state index contributed by atoms with van der Waals surface area (Å²) in [7, 11) is 0. The van der Waals surface area contributed by atoms with E-state index >= 15 is 0 Å². The van der Waals surface area contributed by atoms with Crippen molar-refractivity contribution >= 4 is 28.6 Å². The Bertz CT molecular complexity index is 1110. The highest BCUT2D eigenvalue weighted by atomic mass is 16.5. The van der Waals surface area contributed by atoms with Gasteiger partial charge >= 0.3 is 0 Å². The number of piperazine rings is 1. The lowest BCUT2D eigenvalue weighted by Crippen LogP contribution is -2.50. The molecule has 0 saturated carbocycles. The standard InChI is InChI=1S/C20H20N4O5/c1-13-10-18(22-29-13)21-19(26)12-23-6-8-24(9-7-23)20(27)17-11-15(25)14-4-2-3-5-16(14)28-17/h2-5,10-11H,6-9,12H2,1H3,(H,21,22,26). The first-order chi connectivity index (χ1) is 14.0. The summed E-state index contributed by atoms with van der Waals surface area (Å²) in [4.78, 5) is 40.7. The zero-order chi connectivity index (χ0) is 20.4. The Morgan fingerprint density at radius 3 is 2.62 bits per heavy atom. The molecular weight excluding hydrogens is 376 g/mol. The van der Waals surface area contributed by atoms with E-state index in [0.717, 1.165) is 0 Å². The first-order valence-electron chi connectivity index (χ1n) is 9.27. The topological polar surface area (TPSA) is 109 Å². The van der Waals surface area contributed by atoms with E-state index in [2.05, 4.69) is 10.5 Å². The first kappa shape index (κ1) is 18.9. The molecule has 2 aromatic heterocycles. The fraction of sp³-hybridized carbons (Fsp3) is 0.300. The molecule has 0 bridgehead atoms. The molecule has 9 nitrogen and oxygen atoms in total. The lowest BCUT2D eigenvalue weighted by atomic mass is 10.2. The maximum atomic E-state index is 12.7. The monoisotopic (exact) mass is 396 g/mol. The van der Waals surface area contributed by atoms with Crippen molar-refractivity contribution < 1.29 is 18.5 Å². The number of nitrogens with zero attached hydrogens (tertiary/aromatic N) is 3. The Morgan fingerprint density at radius 2 is 1.90 bits per heavy atom. The summed E-state index contributed by atoms with van der Waals surface area (Å²) in [5.74, 6) is 0.510. The van der Waals surface area contributed by atoms with Gasteiger partial charge in [0.15, 0.2) is 17.0 Å². The van der Waals surface area contributed by atoms with Crippen LogP contribution in [0.5, 0.6) is 0 Å². The molecule has 0 unspecified atom stereocenters. The van der Waals surface area contributed by atoms with Crippen molar-refractivity contribution in [1.29, 1.82) is 0 Å². The van der Waals surface area contributed by atoms with Crippen LogP contribution in [0.4, 0.5) is 5.82 Å². The molecule has 1 saturated heterocycles. The number of para-hydroxylation sites is 1. The van der Waals surface area contributed by atoms with Gasteiger partial charge in [-0.3, -0.25) is 19.3 Å². The first-order valence-corrected chi connectivity index (χ1v) is 9.27. The van der Waals surface area contributed by atoms with Gasteiger partial charge < -0.3 is 19.2 Å². The maximum absolute atomic E-state index is 12.7. The van der Waals surface area contributed by atoms with Crippen LogP contribution in [0.15, 0.2) is 50.1 Å². The van der Waals surface area contributed by atoms with Crippen LogP contribution >= 0.6 is 0 Å². The number of aromatic nitrogens is 1. The van der Waals surface area contributed by atoms with Crippen molar-refractivity contribution in [3.8, 4) is 0 Å². The van der Waals surface area contributed by atoms with Crippen LogP contribution in [-0.4, -0.2) is 59.5 Å². The second-order valence-corrected chi connectivity index (χ2v) is 6.91. The summed E-state index contributed by atoms with van der Waals surface area (Å²) >= 11 is 0. The molecular formula is C20H20N4O5. The zero-order valence-electron chi connectivity index (χ0n) is 15.9. The lowest BCUT2D eigenvalue weighted by Gasteiger charge is -2.33. The molecule has 0 atom stereocenters. The smallest absolute Gasteiger partial charge is 0.289 e. The fourth-order valence-electron chi connectivity index (χ4n) is 3.29. The van der Waals surface area contributed by atoms with Crippen LogP contribution < -0.4 is 10.7 Å². The largest absolute Gasteiger partial charge is 0.451 e. The second kappa shape index (κ2) is 7.88. The van der Waals surface area contributed by atoms with Crippen molar-refractivity contribution in [2.45, 2.75) is 6.92 Å². The SMILES string of the molecule is Cc1cc(NC(=O)CN2CCN(C(=O)c3cc(=O)c4ccccc4o3)CC2)no1. The van der Waals surface area contributed by atoms with Gasteiger partial charge in [0.1, 0.15) is 11.3 Å². The molecule has 4 rings (SSSR count). The van der Waals surface area contributed by atoms with E-state index in [0.29, 0.717) is 48.7 Å². The molecule has 1 aromatic carbocycles. The number of anilines is 1. The quantitative estimate of drug-likeness (QED) is 0.711. The van der Waals surface area contributed by atoms with Crippen LogP contribution in [-0.2, 0) is 4.79 Å². The Kier molecular flexibility index (Phi) is 5.13. The number of amides is 2. The molecule has 3 aromatic rings. The highest BCUT2D eigenvalue weighted by Gasteiger charge is 2.25. The van der Waals surface area contributed by atoms with Gasteiger partial charge in [0.05, 0.1) is 11.9 Å². The number of nitrogens with one attached hydrogen (secondary N) is 1. The number of hydrogen-bond acceptors (Lipinski definition) is 7. The van der Waals surface area contributed by atoms with Crippen molar-refractivity contribution in [3.05, 3.63) is 58.1 Å². The maximum Gasteiger partial charge on any atom is 0.289 e. The van der Waals surface area contributed by atoms with Gasteiger partial charge in [-0.15, -0.1) is 0 Å². The third kappa shape index (κ3) is 4.19. The average Bonchev–Trinajstić information content (AvgIpc) is 3.12. The van der Waals surface area contributed by atoms with Crippen molar-refractivity contribution in [1.82, 2.24) is 15.0 Å². The summed E-state index contributed by atoms with van der Waals surface area (Å²) in [5.41, 5.74) is 0.148. The van der Waals surface area contributed by atoms with Gasteiger partial charge in [-0.25, -0.2) is 0 Å².